The van der Waals surface area contributed by atoms with Crippen molar-refractivity contribution >= 4 is 10.0 Å². The smallest absolute Gasteiger partial charge is 0.212 e. The van der Waals surface area contributed by atoms with Crippen molar-refractivity contribution < 1.29 is 8.42 Å². The van der Waals surface area contributed by atoms with Crippen LogP contribution in [0.2, 0.25) is 0 Å². The van der Waals surface area contributed by atoms with Gasteiger partial charge in [0.2, 0.25) is 10.0 Å². The molecule has 8 nitrogen and oxygen atoms in total. The minimum Gasteiger partial charge on any atom is -0.265 e. The van der Waals surface area contributed by atoms with E-state index in [-0.39, 0.29) is 5.75 Å². The second-order valence-corrected chi connectivity index (χ2v) is 5.91. The number of pyridine rings is 1. The molecule has 0 aromatic carbocycles. The molecule has 2 heterocycles. The number of tetrazole rings is 1. The van der Waals surface area contributed by atoms with Crippen molar-refractivity contribution in [3.8, 4) is 0 Å². The Labute approximate surface area is 110 Å². The van der Waals surface area contributed by atoms with E-state index in [1.165, 1.54) is 0 Å². The summed E-state index contributed by atoms with van der Waals surface area (Å²) in [7, 11) is -3.40. The molecule has 0 saturated heterocycles. The molecule has 0 saturated carbocycles. The zero-order valence-corrected chi connectivity index (χ0v) is 11.1. The fourth-order valence-corrected chi connectivity index (χ4v) is 2.80. The molecule has 0 fully saturated rings. The van der Waals surface area contributed by atoms with Crippen LogP contribution < -0.4 is 4.72 Å². The molecule has 2 N–H and O–H groups in total. The number of aryl methyl sites for hydroxylation is 1. The number of hydrogen-bond acceptors (Lipinski definition) is 6. The van der Waals surface area contributed by atoms with E-state index in [2.05, 4.69) is 30.3 Å². The van der Waals surface area contributed by atoms with E-state index >= 15 is 0 Å². The van der Waals surface area contributed by atoms with Gasteiger partial charge in [0.15, 0.2) is 5.82 Å². The predicted molar refractivity (Wildman–Crippen MR) is 67.5 cm³/mol. The average molecular weight is 282 g/mol. The molecular formula is C10H14N6O2S. The van der Waals surface area contributed by atoms with Crippen LogP contribution in [0.4, 0.5) is 0 Å². The monoisotopic (exact) mass is 282 g/mol. The van der Waals surface area contributed by atoms with Crippen molar-refractivity contribution in [2.45, 2.75) is 19.4 Å². The molecule has 0 bridgehead atoms. The molecule has 0 radical (unpaired) electrons. The Bertz CT molecular complexity index is 598. The van der Waals surface area contributed by atoms with Crippen LogP contribution in [0.1, 0.15) is 24.4 Å². The third-order valence-electron chi connectivity index (χ3n) is 2.51. The minimum absolute atomic E-state index is 0.000789. The van der Waals surface area contributed by atoms with Crippen LogP contribution in [-0.2, 0) is 16.4 Å². The molecule has 19 heavy (non-hydrogen) atoms. The van der Waals surface area contributed by atoms with Gasteiger partial charge in [-0.2, -0.15) is 5.21 Å². The Kier molecular flexibility index (Phi) is 4.17. The highest BCUT2D eigenvalue weighted by Crippen LogP contribution is 2.07. The van der Waals surface area contributed by atoms with E-state index in [4.69, 9.17) is 0 Å². The lowest BCUT2D eigenvalue weighted by Crippen LogP contribution is -2.30. The topological polar surface area (TPSA) is 114 Å². The summed E-state index contributed by atoms with van der Waals surface area (Å²) in [6.45, 7) is 1.66. The standard InChI is InChI=1S/C10H14N6O2S/c1-8(10-12-15-16-13-10)14-19(17,18)7-4-9-2-5-11-6-3-9/h2-3,5-6,8,14H,4,7H2,1H3,(H,12,13,15,16). The van der Waals surface area contributed by atoms with Crippen molar-refractivity contribution in [2.75, 3.05) is 5.75 Å². The lowest BCUT2D eigenvalue weighted by Gasteiger charge is -2.10. The first-order chi connectivity index (χ1) is 9.07. The Morgan fingerprint density at radius 3 is 2.74 bits per heavy atom. The van der Waals surface area contributed by atoms with Crippen molar-refractivity contribution in [3.63, 3.8) is 0 Å². The third-order valence-corrected chi connectivity index (χ3v) is 3.97. The third kappa shape index (κ3) is 4.07. The summed E-state index contributed by atoms with van der Waals surface area (Å²) in [5.41, 5.74) is 0.924. The second-order valence-electron chi connectivity index (χ2n) is 4.03. The molecule has 0 aliphatic carbocycles. The zero-order valence-electron chi connectivity index (χ0n) is 10.3. The number of H-pyrrole nitrogens is 1. The SMILES string of the molecule is CC(NS(=O)(=O)CCc1ccncc1)c1nn[nH]n1. The van der Waals surface area contributed by atoms with Crippen LogP contribution in [0, 0.1) is 0 Å². The van der Waals surface area contributed by atoms with Gasteiger partial charge in [0.25, 0.3) is 0 Å². The highest BCUT2D eigenvalue weighted by molar-refractivity contribution is 7.89. The Morgan fingerprint density at radius 1 is 1.37 bits per heavy atom. The molecule has 0 amide bonds. The van der Waals surface area contributed by atoms with Gasteiger partial charge in [0.1, 0.15) is 0 Å². The van der Waals surface area contributed by atoms with Gasteiger partial charge < -0.3 is 0 Å². The van der Waals surface area contributed by atoms with E-state index in [0.29, 0.717) is 12.2 Å². The summed E-state index contributed by atoms with van der Waals surface area (Å²) in [6, 6.07) is 3.07. The fraction of sp³-hybridized carbons (Fsp3) is 0.400. The number of sulfonamides is 1. The van der Waals surface area contributed by atoms with Gasteiger partial charge in [-0.05, 0) is 31.0 Å². The summed E-state index contributed by atoms with van der Waals surface area (Å²) < 4.78 is 26.3. The molecule has 102 valence electrons. The van der Waals surface area contributed by atoms with E-state index in [0.717, 1.165) is 5.56 Å². The van der Waals surface area contributed by atoms with Crippen molar-refractivity contribution in [1.29, 1.82) is 0 Å². The maximum atomic E-state index is 11.9. The Hall–Kier alpha value is -1.87. The molecule has 1 unspecified atom stereocenters. The average Bonchev–Trinajstić information content (AvgIpc) is 2.91. The van der Waals surface area contributed by atoms with Crippen LogP contribution in [0.15, 0.2) is 24.5 Å². The van der Waals surface area contributed by atoms with Crippen molar-refractivity contribution in [3.05, 3.63) is 35.9 Å². The first-order valence-corrected chi connectivity index (χ1v) is 7.34. The van der Waals surface area contributed by atoms with Crippen LogP contribution in [0.3, 0.4) is 0 Å². The first-order valence-electron chi connectivity index (χ1n) is 5.69. The molecule has 2 aromatic rings. The lowest BCUT2D eigenvalue weighted by molar-refractivity contribution is 0.559. The highest BCUT2D eigenvalue weighted by Gasteiger charge is 2.18. The van der Waals surface area contributed by atoms with Crippen LogP contribution in [0.5, 0.6) is 0 Å². The molecule has 0 spiro atoms. The summed E-state index contributed by atoms with van der Waals surface area (Å²) in [5.74, 6) is 0.312. The Morgan fingerprint density at radius 2 is 2.11 bits per heavy atom. The van der Waals surface area contributed by atoms with Gasteiger partial charge in [-0.15, -0.1) is 10.2 Å². The number of rotatable bonds is 6. The summed E-state index contributed by atoms with van der Waals surface area (Å²) in [6.07, 6.45) is 3.70. The van der Waals surface area contributed by atoms with Gasteiger partial charge in [-0.1, -0.05) is 5.21 Å². The van der Waals surface area contributed by atoms with Crippen LogP contribution in [0.25, 0.3) is 0 Å². The lowest BCUT2D eigenvalue weighted by atomic mass is 10.2. The van der Waals surface area contributed by atoms with Crippen LogP contribution in [-0.4, -0.2) is 39.8 Å². The molecule has 0 aliphatic rings. The normalized spacial score (nSPS) is 13.3. The van der Waals surface area contributed by atoms with Gasteiger partial charge >= 0.3 is 0 Å². The van der Waals surface area contributed by atoms with Crippen molar-refractivity contribution in [1.82, 2.24) is 30.3 Å². The fourth-order valence-electron chi connectivity index (χ4n) is 1.54. The molecule has 2 aromatic heterocycles. The van der Waals surface area contributed by atoms with E-state index in [1.807, 2.05) is 0 Å². The largest absolute Gasteiger partial charge is 0.265 e. The predicted octanol–water partition coefficient (Wildman–Crippen LogP) is -0.182. The van der Waals surface area contributed by atoms with Crippen molar-refractivity contribution in [2.24, 2.45) is 0 Å². The quantitative estimate of drug-likeness (QED) is 0.759. The van der Waals surface area contributed by atoms with Gasteiger partial charge in [0.05, 0.1) is 11.8 Å². The molecular weight excluding hydrogens is 268 g/mol. The number of aromatic nitrogens is 5. The molecule has 0 aliphatic heterocycles. The maximum absolute atomic E-state index is 11.9. The number of aromatic amines is 1. The summed E-state index contributed by atoms with van der Waals surface area (Å²) >= 11 is 0. The van der Waals surface area contributed by atoms with Crippen LogP contribution >= 0.6 is 0 Å². The van der Waals surface area contributed by atoms with E-state index < -0.39 is 16.1 Å². The minimum atomic E-state index is -3.40. The van der Waals surface area contributed by atoms with Gasteiger partial charge in [-0.25, -0.2) is 13.1 Å². The molecule has 2 rings (SSSR count). The van der Waals surface area contributed by atoms with E-state index in [1.54, 1.807) is 31.5 Å². The number of nitrogens with zero attached hydrogens (tertiary/aromatic N) is 4. The number of hydrogen-bond donors (Lipinski definition) is 2. The van der Waals surface area contributed by atoms with Gasteiger partial charge in [0, 0.05) is 12.4 Å². The van der Waals surface area contributed by atoms with E-state index in [9.17, 15) is 8.42 Å². The van der Waals surface area contributed by atoms with Gasteiger partial charge in [-0.3, -0.25) is 4.98 Å². The first kappa shape index (κ1) is 13.6. The highest BCUT2D eigenvalue weighted by atomic mass is 32.2. The Balaban J connectivity index is 1.92. The number of nitrogens with one attached hydrogen (secondary N) is 2. The summed E-state index contributed by atoms with van der Waals surface area (Å²) in [5, 5.41) is 13.1. The maximum Gasteiger partial charge on any atom is 0.212 e. The summed E-state index contributed by atoms with van der Waals surface area (Å²) in [4.78, 5) is 3.88. The second kappa shape index (κ2) is 5.85. The zero-order chi connectivity index (χ0) is 13.7. The molecule has 1 atom stereocenters. The molecule has 9 heteroatoms.